The largest absolute Gasteiger partial charge is 0.0999 e. The Morgan fingerprint density at radius 3 is 1.59 bits per heavy atom. The van der Waals surface area contributed by atoms with E-state index in [9.17, 15) is 0 Å². The molecular formula is C37H66. The van der Waals surface area contributed by atoms with E-state index in [2.05, 4.69) is 117 Å². The average Bonchev–Trinajstić information content (AvgIpc) is 2.92. The Labute approximate surface area is 235 Å². The first-order valence-corrected chi connectivity index (χ1v) is 15.5. The van der Waals surface area contributed by atoms with Crippen molar-refractivity contribution >= 4 is 0 Å². The van der Waals surface area contributed by atoms with Gasteiger partial charge in [0, 0.05) is 0 Å². The van der Waals surface area contributed by atoms with Gasteiger partial charge in [-0.15, -0.1) is 0 Å². The second kappa shape index (κ2) is 27.2. The van der Waals surface area contributed by atoms with Crippen LogP contribution in [0.5, 0.6) is 0 Å². The van der Waals surface area contributed by atoms with Gasteiger partial charge in [-0.3, -0.25) is 0 Å². The van der Waals surface area contributed by atoms with Crippen LogP contribution < -0.4 is 0 Å². The lowest BCUT2D eigenvalue weighted by Crippen LogP contribution is -2.01. The van der Waals surface area contributed by atoms with Crippen LogP contribution in [0.3, 0.4) is 0 Å². The summed E-state index contributed by atoms with van der Waals surface area (Å²) in [5.74, 6) is 2.19. The van der Waals surface area contributed by atoms with E-state index in [1.54, 1.807) is 0 Å². The van der Waals surface area contributed by atoms with E-state index in [-0.39, 0.29) is 0 Å². The quantitative estimate of drug-likeness (QED) is 0.279. The molecule has 0 spiro atoms. The van der Waals surface area contributed by atoms with Crippen molar-refractivity contribution in [2.45, 2.75) is 141 Å². The molecule has 37 heavy (non-hydrogen) atoms. The van der Waals surface area contributed by atoms with Gasteiger partial charge in [-0.2, -0.15) is 0 Å². The zero-order valence-electron chi connectivity index (χ0n) is 27.5. The molecule has 0 bridgehead atoms. The molecule has 2 aromatic carbocycles. The third kappa shape index (κ3) is 20.9. The summed E-state index contributed by atoms with van der Waals surface area (Å²) in [4.78, 5) is 0. The van der Waals surface area contributed by atoms with E-state index in [1.807, 2.05) is 27.7 Å². The van der Waals surface area contributed by atoms with Crippen molar-refractivity contribution in [1.29, 1.82) is 0 Å². The Bertz CT molecular complexity index is 729. The Balaban J connectivity index is -0.000000440. The molecular weight excluding hydrogens is 444 g/mol. The minimum absolute atomic E-state index is 0.672. The van der Waals surface area contributed by atoms with Crippen molar-refractivity contribution < 1.29 is 0 Å². The molecule has 214 valence electrons. The number of benzene rings is 2. The van der Waals surface area contributed by atoms with Gasteiger partial charge in [-0.05, 0) is 74.0 Å². The fourth-order valence-electron chi connectivity index (χ4n) is 3.88. The van der Waals surface area contributed by atoms with E-state index in [1.165, 1.54) is 66.4 Å². The molecule has 0 aliphatic heterocycles. The molecule has 1 unspecified atom stereocenters. The minimum atomic E-state index is 0.672. The smallest absolute Gasteiger partial charge is 0.0167 e. The first kappa shape index (κ1) is 39.7. The fraction of sp³-hybridized carbons (Fsp3) is 0.622. The second-order valence-electron chi connectivity index (χ2n) is 9.99. The van der Waals surface area contributed by atoms with Crippen LogP contribution in [-0.2, 0) is 12.8 Å². The van der Waals surface area contributed by atoms with Gasteiger partial charge in [0.05, 0.1) is 0 Å². The number of rotatable bonds is 10. The number of hydrogen-bond donors (Lipinski definition) is 0. The highest BCUT2D eigenvalue weighted by atomic mass is 14.1. The van der Waals surface area contributed by atoms with Gasteiger partial charge >= 0.3 is 0 Å². The van der Waals surface area contributed by atoms with Gasteiger partial charge < -0.3 is 0 Å². The third-order valence-electron chi connectivity index (χ3n) is 6.51. The first-order valence-electron chi connectivity index (χ1n) is 15.5. The molecule has 0 aromatic heterocycles. The SMILES string of the molecule is C=C(C)C(CCC)CCC.CC.CC.CCCc1cccc(CC)c1.Cc1ccc(C(C)C(C)C)cc1. The molecule has 0 amide bonds. The highest BCUT2D eigenvalue weighted by molar-refractivity contribution is 5.24. The van der Waals surface area contributed by atoms with Gasteiger partial charge in [0.1, 0.15) is 0 Å². The number of hydrogen-bond acceptors (Lipinski definition) is 0. The molecule has 0 aliphatic rings. The molecule has 0 heteroatoms. The average molecular weight is 511 g/mol. The van der Waals surface area contributed by atoms with Crippen LogP contribution in [0.15, 0.2) is 60.7 Å². The lowest BCUT2D eigenvalue weighted by molar-refractivity contribution is 0.505. The molecule has 0 aliphatic carbocycles. The van der Waals surface area contributed by atoms with Crippen LogP contribution in [0.4, 0.5) is 0 Å². The van der Waals surface area contributed by atoms with Crippen LogP contribution in [0.25, 0.3) is 0 Å². The molecule has 0 radical (unpaired) electrons. The summed E-state index contributed by atoms with van der Waals surface area (Å²) in [7, 11) is 0. The second-order valence-corrected chi connectivity index (χ2v) is 9.99. The van der Waals surface area contributed by atoms with Crippen LogP contribution in [0, 0.1) is 18.8 Å². The number of aryl methyl sites for hydroxylation is 3. The minimum Gasteiger partial charge on any atom is -0.0999 e. The Kier molecular flexibility index (Phi) is 29.2. The first-order chi connectivity index (χ1) is 17.7. The van der Waals surface area contributed by atoms with Crippen molar-refractivity contribution in [3.05, 3.63) is 82.9 Å². The monoisotopic (exact) mass is 511 g/mol. The van der Waals surface area contributed by atoms with E-state index < -0.39 is 0 Å². The van der Waals surface area contributed by atoms with Crippen molar-refractivity contribution in [3.63, 3.8) is 0 Å². The summed E-state index contributed by atoms with van der Waals surface area (Å²) in [5, 5.41) is 0. The van der Waals surface area contributed by atoms with Gasteiger partial charge in [0.15, 0.2) is 0 Å². The van der Waals surface area contributed by atoms with E-state index in [0.29, 0.717) is 5.92 Å². The van der Waals surface area contributed by atoms with Crippen LogP contribution in [0.2, 0.25) is 0 Å². The molecule has 0 heterocycles. The highest BCUT2D eigenvalue weighted by Crippen LogP contribution is 2.23. The fourth-order valence-corrected chi connectivity index (χ4v) is 3.88. The van der Waals surface area contributed by atoms with E-state index in [4.69, 9.17) is 0 Å². The van der Waals surface area contributed by atoms with Crippen molar-refractivity contribution in [1.82, 2.24) is 0 Å². The van der Waals surface area contributed by atoms with Crippen molar-refractivity contribution in [2.75, 3.05) is 0 Å². The van der Waals surface area contributed by atoms with E-state index >= 15 is 0 Å². The van der Waals surface area contributed by atoms with Crippen molar-refractivity contribution in [2.24, 2.45) is 11.8 Å². The summed E-state index contributed by atoms with van der Waals surface area (Å²) in [6.45, 7) is 32.0. The standard InChI is InChI=1S/C12H18.C11H16.C10H20.2C2H6/c1-9(2)11(4)12-7-5-10(3)6-8-12;1-3-6-11-8-5-7-10(4-2)9-11;1-5-7-10(8-6-2)9(3)4;2*1-2/h5-9,11H,1-4H3;5,7-9H,3-4,6H2,1-2H3;10H,3,5-8H2,1-2,4H3;2*1-2H3. The normalized spacial score (nSPS) is 10.5. The molecule has 0 nitrogen and oxygen atoms in total. The lowest BCUT2D eigenvalue weighted by atomic mass is 9.90. The zero-order chi connectivity index (χ0) is 29.2. The summed E-state index contributed by atoms with van der Waals surface area (Å²) in [5.41, 5.74) is 7.09. The maximum Gasteiger partial charge on any atom is -0.0167 e. The van der Waals surface area contributed by atoms with Gasteiger partial charge in [0.25, 0.3) is 0 Å². The molecule has 2 aromatic rings. The Hall–Kier alpha value is -1.82. The van der Waals surface area contributed by atoms with Crippen LogP contribution in [0.1, 0.15) is 143 Å². The molecule has 0 saturated heterocycles. The highest BCUT2D eigenvalue weighted by Gasteiger charge is 2.08. The molecule has 1 atom stereocenters. The Morgan fingerprint density at radius 2 is 1.22 bits per heavy atom. The zero-order valence-corrected chi connectivity index (χ0v) is 27.5. The molecule has 0 saturated carbocycles. The maximum atomic E-state index is 3.99. The van der Waals surface area contributed by atoms with Gasteiger partial charge in [-0.1, -0.05) is 162 Å². The summed E-state index contributed by atoms with van der Waals surface area (Å²) >= 11 is 0. The Morgan fingerprint density at radius 1 is 0.730 bits per heavy atom. The lowest BCUT2D eigenvalue weighted by Gasteiger charge is -2.15. The predicted octanol–water partition coefficient (Wildman–Crippen LogP) is 12.8. The molecule has 2 rings (SSSR count). The van der Waals surface area contributed by atoms with E-state index in [0.717, 1.165) is 18.3 Å². The van der Waals surface area contributed by atoms with Gasteiger partial charge in [-0.25, -0.2) is 0 Å². The number of allylic oxidation sites excluding steroid dienone is 1. The topological polar surface area (TPSA) is 0 Å². The summed E-state index contributed by atoms with van der Waals surface area (Å²) < 4.78 is 0. The van der Waals surface area contributed by atoms with Crippen molar-refractivity contribution in [3.8, 4) is 0 Å². The summed E-state index contributed by atoms with van der Waals surface area (Å²) in [6, 6.07) is 17.7. The van der Waals surface area contributed by atoms with Crippen LogP contribution >= 0.6 is 0 Å². The maximum absolute atomic E-state index is 3.99. The molecule has 0 N–H and O–H groups in total. The van der Waals surface area contributed by atoms with Gasteiger partial charge in [0.2, 0.25) is 0 Å². The molecule has 0 fully saturated rings. The predicted molar refractivity (Wildman–Crippen MR) is 175 cm³/mol. The third-order valence-corrected chi connectivity index (χ3v) is 6.51. The summed E-state index contributed by atoms with van der Waals surface area (Å²) in [6.07, 6.45) is 8.83. The van der Waals surface area contributed by atoms with Crippen LogP contribution in [-0.4, -0.2) is 0 Å².